The Hall–Kier alpha value is -2.37. The lowest BCUT2D eigenvalue weighted by molar-refractivity contribution is 0.612. The van der Waals surface area contributed by atoms with E-state index in [1.165, 1.54) is 18.4 Å². The lowest BCUT2D eigenvalue weighted by Gasteiger charge is -2.02. The molecule has 1 fully saturated rings. The van der Waals surface area contributed by atoms with E-state index in [9.17, 15) is 0 Å². The number of aromatic nitrogens is 5. The van der Waals surface area contributed by atoms with Gasteiger partial charge in [0.2, 0.25) is 0 Å². The summed E-state index contributed by atoms with van der Waals surface area (Å²) in [5.41, 5.74) is 10.1. The molecule has 3 heterocycles. The molecule has 4 rings (SSSR count). The van der Waals surface area contributed by atoms with Gasteiger partial charge in [-0.25, -0.2) is 9.67 Å². The molecule has 0 bridgehead atoms. The zero-order chi connectivity index (χ0) is 13.7. The van der Waals surface area contributed by atoms with Gasteiger partial charge in [-0.2, -0.15) is 0 Å². The summed E-state index contributed by atoms with van der Waals surface area (Å²) in [5, 5.41) is 8.16. The van der Waals surface area contributed by atoms with E-state index in [0.717, 1.165) is 17.0 Å². The smallest absolute Gasteiger partial charge is 0.169 e. The second kappa shape index (κ2) is 4.06. The van der Waals surface area contributed by atoms with E-state index >= 15 is 0 Å². The van der Waals surface area contributed by atoms with Gasteiger partial charge in [0.15, 0.2) is 5.82 Å². The van der Waals surface area contributed by atoms with Crippen molar-refractivity contribution in [2.24, 2.45) is 0 Å². The Morgan fingerprint density at radius 2 is 2.25 bits per heavy atom. The molecule has 0 radical (unpaired) electrons. The molecule has 6 nitrogen and oxygen atoms in total. The van der Waals surface area contributed by atoms with Crippen molar-refractivity contribution in [3.8, 4) is 0 Å². The van der Waals surface area contributed by atoms with E-state index in [0.29, 0.717) is 18.3 Å². The third-order valence-electron chi connectivity index (χ3n) is 3.80. The fraction of sp³-hybridized carbons (Fsp3) is 0.357. The Morgan fingerprint density at radius 1 is 1.40 bits per heavy atom. The number of anilines is 1. The Bertz CT molecular complexity index is 780. The molecule has 0 unspecified atom stereocenters. The Kier molecular flexibility index (Phi) is 2.33. The summed E-state index contributed by atoms with van der Waals surface area (Å²) in [7, 11) is 0. The molecule has 0 atom stereocenters. The van der Waals surface area contributed by atoms with Gasteiger partial charge in [-0.05, 0) is 31.4 Å². The number of pyridine rings is 1. The van der Waals surface area contributed by atoms with Crippen LogP contribution in [0.3, 0.4) is 0 Å². The van der Waals surface area contributed by atoms with Crippen molar-refractivity contribution in [2.45, 2.75) is 32.2 Å². The van der Waals surface area contributed by atoms with Crippen LogP contribution < -0.4 is 5.73 Å². The Balaban J connectivity index is 1.72. The minimum atomic E-state index is 0.531. The summed E-state index contributed by atoms with van der Waals surface area (Å²) in [4.78, 5) is 4.67. The van der Waals surface area contributed by atoms with Crippen LogP contribution in [0.25, 0.3) is 5.65 Å². The van der Waals surface area contributed by atoms with E-state index in [1.807, 2.05) is 27.5 Å². The topological polar surface area (TPSA) is 74.0 Å². The van der Waals surface area contributed by atoms with Crippen LogP contribution in [0.1, 0.15) is 35.7 Å². The first kappa shape index (κ1) is 11.5. The number of imidazole rings is 1. The number of hydrogen-bond donors (Lipinski definition) is 1. The molecule has 6 heteroatoms. The average Bonchev–Trinajstić information content (AvgIpc) is 3.06. The second-order valence-electron chi connectivity index (χ2n) is 5.45. The maximum absolute atomic E-state index is 5.92. The van der Waals surface area contributed by atoms with E-state index in [2.05, 4.69) is 28.3 Å². The van der Waals surface area contributed by atoms with Crippen molar-refractivity contribution in [3.05, 3.63) is 41.5 Å². The minimum Gasteiger partial charge on any atom is -0.381 e. The highest BCUT2D eigenvalue weighted by Crippen LogP contribution is 2.42. The molecule has 1 aliphatic carbocycles. The molecular formula is C14H16N6. The van der Waals surface area contributed by atoms with E-state index < -0.39 is 0 Å². The summed E-state index contributed by atoms with van der Waals surface area (Å²) in [6, 6.07) is 4.09. The van der Waals surface area contributed by atoms with Crippen LogP contribution in [0, 0.1) is 6.92 Å². The SMILES string of the molecule is Cc1cccn2cc(Cn3nnc(N)c3C3CC3)nc12. The molecule has 0 amide bonds. The summed E-state index contributed by atoms with van der Waals surface area (Å²) in [5.74, 6) is 1.09. The fourth-order valence-corrected chi connectivity index (χ4v) is 2.66. The van der Waals surface area contributed by atoms with Crippen LogP contribution in [0.5, 0.6) is 0 Å². The van der Waals surface area contributed by atoms with Crippen LogP contribution in [0.15, 0.2) is 24.5 Å². The highest BCUT2D eigenvalue weighted by molar-refractivity contribution is 5.48. The summed E-state index contributed by atoms with van der Waals surface area (Å²) >= 11 is 0. The predicted molar refractivity (Wildman–Crippen MR) is 75.4 cm³/mol. The summed E-state index contributed by atoms with van der Waals surface area (Å²) in [6.45, 7) is 2.69. The van der Waals surface area contributed by atoms with Gasteiger partial charge in [-0.1, -0.05) is 11.3 Å². The first-order chi connectivity index (χ1) is 9.72. The monoisotopic (exact) mass is 268 g/mol. The van der Waals surface area contributed by atoms with Crippen LogP contribution in [-0.4, -0.2) is 24.4 Å². The molecule has 2 N–H and O–H groups in total. The molecule has 0 saturated heterocycles. The van der Waals surface area contributed by atoms with Crippen molar-refractivity contribution >= 4 is 11.5 Å². The highest BCUT2D eigenvalue weighted by Gasteiger charge is 2.30. The van der Waals surface area contributed by atoms with Crippen molar-refractivity contribution < 1.29 is 0 Å². The largest absolute Gasteiger partial charge is 0.381 e. The molecule has 3 aromatic heterocycles. The minimum absolute atomic E-state index is 0.531. The predicted octanol–water partition coefficient (Wildman–Crippen LogP) is 1.74. The van der Waals surface area contributed by atoms with E-state index in [-0.39, 0.29) is 0 Å². The zero-order valence-corrected chi connectivity index (χ0v) is 11.3. The molecule has 0 aliphatic heterocycles. The molecule has 102 valence electrons. The van der Waals surface area contributed by atoms with Crippen molar-refractivity contribution in [1.82, 2.24) is 24.4 Å². The zero-order valence-electron chi connectivity index (χ0n) is 11.3. The number of nitrogens with two attached hydrogens (primary N) is 1. The van der Waals surface area contributed by atoms with Gasteiger partial charge < -0.3 is 10.1 Å². The maximum atomic E-state index is 5.92. The number of fused-ring (bicyclic) bond motifs is 1. The van der Waals surface area contributed by atoms with Gasteiger partial charge in [-0.3, -0.25) is 0 Å². The fourth-order valence-electron chi connectivity index (χ4n) is 2.66. The van der Waals surface area contributed by atoms with Crippen molar-refractivity contribution in [3.63, 3.8) is 0 Å². The van der Waals surface area contributed by atoms with Gasteiger partial charge in [0.05, 0.1) is 17.9 Å². The quantitative estimate of drug-likeness (QED) is 0.785. The van der Waals surface area contributed by atoms with Gasteiger partial charge in [-0.15, -0.1) is 5.10 Å². The third kappa shape index (κ3) is 1.76. The molecule has 0 aromatic carbocycles. The van der Waals surface area contributed by atoms with Crippen molar-refractivity contribution in [2.75, 3.05) is 5.73 Å². The Morgan fingerprint density at radius 3 is 3.00 bits per heavy atom. The molecular weight excluding hydrogens is 252 g/mol. The average molecular weight is 268 g/mol. The summed E-state index contributed by atoms with van der Waals surface area (Å²) < 4.78 is 3.94. The second-order valence-corrected chi connectivity index (χ2v) is 5.45. The normalized spacial score (nSPS) is 15.1. The van der Waals surface area contributed by atoms with Gasteiger partial charge >= 0.3 is 0 Å². The first-order valence-electron chi connectivity index (χ1n) is 6.84. The molecule has 1 saturated carbocycles. The maximum Gasteiger partial charge on any atom is 0.169 e. The van der Waals surface area contributed by atoms with Crippen molar-refractivity contribution in [1.29, 1.82) is 0 Å². The number of aryl methyl sites for hydroxylation is 1. The number of nitrogens with zero attached hydrogens (tertiary/aromatic N) is 5. The van der Waals surface area contributed by atoms with Crippen LogP contribution in [0.2, 0.25) is 0 Å². The van der Waals surface area contributed by atoms with Crippen LogP contribution in [0.4, 0.5) is 5.82 Å². The van der Waals surface area contributed by atoms with E-state index in [4.69, 9.17) is 5.73 Å². The summed E-state index contributed by atoms with van der Waals surface area (Å²) in [6.07, 6.45) is 6.41. The lowest BCUT2D eigenvalue weighted by Crippen LogP contribution is -2.07. The van der Waals surface area contributed by atoms with Gasteiger partial charge in [0.1, 0.15) is 5.65 Å². The number of rotatable bonds is 3. The molecule has 20 heavy (non-hydrogen) atoms. The van der Waals surface area contributed by atoms with E-state index in [1.54, 1.807) is 0 Å². The molecule has 1 aliphatic rings. The third-order valence-corrected chi connectivity index (χ3v) is 3.80. The van der Waals surface area contributed by atoms with Crippen LogP contribution >= 0.6 is 0 Å². The van der Waals surface area contributed by atoms with Crippen LogP contribution in [-0.2, 0) is 6.54 Å². The van der Waals surface area contributed by atoms with Gasteiger partial charge in [0.25, 0.3) is 0 Å². The first-order valence-corrected chi connectivity index (χ1v) is 6.84. The van der Waals surface area contributed by atoms with Gasteiger partial charge in [0, 0.05) is 18.3 Å². The Labute approximate surface area is 116 Å². The number of nitrogen functional groups attached to an aromatic ring is 1. The molecule has 0 spiro atoms. The molecule has 3 aromatic rings. The highest BCUT2D eigenvalue weighted by atomic mass is 15.4. The standard InChI is InChI=1S/C14H16N6/c1-9-3-2-6-19-7-11(16-14(9)19)8-20-12(10-4-5-10)13(15)17-18-20/h2-3,6-7,10H,4-5,8,15H2,1H3. The number of hydrogen-bond acceptors (Lipinski definition) is 4. The lowest BCUT2D eigenvalue weighted by atomic mass is 10.3.